The van der Waals surface area contributed by atoms with Crippen molar-refractivity contribution in [3.63, 3.8) is 0 Å². The standard InChI is InChI=1S/C19H31N5O.ClH/c1-4-8-15-13-24(14-17(15)22(2)3)18-12-20-11-16(21-18)19(25)23-9-6-5-7-10-23;/h11-12,15,17H,4-10,13-14H2,1-3H3;1H/t15-,17-;/m0./s1. The zero-order valence-corrected chi connectivity index (χ0v) is 17.0. The minimum absolute atomic E-state index is 0. The van der Waals surface area contributed by atoms with E-state index >= 15 is 0 Å². The molecular weight excluding hydrogens is 350 g/mol. The molecule has 2 aliphatic heterocycles. The second-order valence-corrected chi connectivity index (χ2v) is 7.60. The Hall–Kier alpha value is -1.40. The Kier molecular flexibility index (Phi) is 7.65. The van der Waals surface area contributed by atoms with Crippen molar-refractivity contribution in [3.8, 4) is 0 Å². The van der Waals surface area contributed by atoms with E-state index in [-0.39, 0.29) is 18.3 Å². The summed E-state index contributed by atoms with van der Waals surface area (Å²) in [4.78, 5) is 28.2. The van der Waals surface area contributed by atoms with Crippen LogP contribution < -0.4 is 4.90 Å². The van der Waals surface area contributed by atoms with E-state index in [0.717, 1.165) is 44.8 Å². The lowest BCUT2D eigenvalue weighted by molar-refractivity contribution is 0.0718. The molecule has 1 aromatic heterocycles. The van der Waals surface area contributed by atoms with E-state index in [4.69, 9.17) is 0 Å². The number of nitrogens with zero attached hydrogens (tertiary/aromatic N) is 5. The van der Waals surface area contributed by atoms with Crippen LogP contribution in [0.5, 0.6) is 0 Å². The van der Waals surface area contributed by atoms with Crippen LogP contribution in [0, 0.1) is 5.92 Å². The van der Waals surface area contributed by atoms with Crippen molar-refractivity contribution < 1.29 is 4.79 Å². The van der Waals surface area contributed by atoms with Crippen LogP contribution in [0.15, 0.2) is 12.4 Å². The number of aromatic nitrogens is 2. The van der Waals surface area contributed by atoms with Gasteiger partial charge in [-0.15, -0.1) is 12.4 Å². The number of hydrogen-bond acceptors (Lipinski definition) is 5. The van der Waals surface area contributed by atoms with E-state index in [1.807, 2.05) is 4.90 Å². The van der Waals surface area contributed by atoms with E-state index in [2.05, 4.69) is 40.8 Å². The highest BCUT2D eigenvalue weighted by Crippen LogP contribution is 2.28. The Balaban J connectivity index is 0.00000243. The van der Waals surface area contributed by atoms with Gasteiger partial charge < -0.3 is 14.7 Å². The molecule has 3 heterocycles. The van der Waals surface area contributed by atoms with Gasteiger partial charge in [-0.1, -0.05) is 13.3 Å². The van der Waals surface area contributed by atoms with Crippen LogP contribution in [0.1, 0.15) is 49.5 Å². The third-order valence-corrected chi connectivity index (χ3v) is 5.54. The van der Waals surface area contributed by atoms with Gasteiger partial charge in [0, 0.05) is 32.2 Å². The van der Waals surface area contributed by atoms with Crippen LogP contribution in [-0.2, 0) is 0 Å². The van der Waals surface area contributed by atoms with Gasteiger partial charge in [0.2, 0.25) is 0 Å². The molecule has 0 spiro atoms. The first kappa shape index (κ1) is 20.9. The molecule has 0 aliphatic carbocycles. The highest BCUT2D eigenvalue weighted by molar-refractivity contribution is 5.92. The number of carbonyl (C=O) groups excluding carboxylic acids is 1. The van der Waals surface area contributed by atoms with Crippen molar-refractivity contribution in [2.75, 3.05) is 45.2 Å². The van der Waals surface area contributed by atoms with Crippen LogP contribution in [0.25, 0.3) is 0 Å². The Morgan fingerprint density at radius 1 is 1.19 bits per heavy atom. The fourth-order valence-corrected chi connectivity index (χ4v) is 4.15. The van der Waals surface area contributed by atoms with Crippen molar-refractivity contribution in [2.45, 2.75) is 45.1 Å². The minimum Gasteiger partial charge on any atom is -0.353 e. The number of likely N-dealkylation sites (N-methyl/N-ethyl adjacent to an activating group) is 1. The van der Waals surface area contributed by atoms with E-state index in [1.54, 1.807) is 12.4 Å². The number of halogens is 1. The van der Waals surface area contributed by atoms with E-state index < -0.39 is 0 Å². The zero-order valence-electron chi connectivity index (χ0n) is 16.2. The molecule has 146 valence electrons. The van der Waals surface area contributed by atoms with E-state index in [9.17, 15) is 4.79 Å². The summed E-state index contributed by atoms with van der Waals surface area (Å²) in [5.74, 6) is 1.51. The maximum Gasteiger partial charge on any atom is 0.274 e. The van der Waals surface area contributed by atoms with Crippen molar-refractivity contribution in [1.82, 2.24) is 19.8 Å². The van der Waals surface area contributed by atoms with Crippen LogP contribution in [0.2, 0.25) is 0 Å². The molecule has 0 radical (unpaired) electrons. The van der Waals surface area contributed by atoms with Crippen LogP contribution in [0.3, 0.4) is 0 Å². The maximum atomic E-state index is 12.7. The van der Waals surface area contributed by atoms with Crippen molar-refractivity contribution in [2.24, 2.45) is 5.92 Å². The maximum absolute atomic E-state index is 12.7. The minimum atomic E-state index is 0. The lowest BCUT2D eigenvalue weighted by Crippen LogP contribution is -2.36. The molecule has 6 nitrogen and oxygen atoms in total. The quantitative estimate of drug-likeness (QED) is 0.784. The average Bonchev–Trinajstić information content (AvgIpc) is 3.07. The van der Waals surface area contributed by atoms with Crippen molar-refractivity contribution in [3.05, 3.63) is 18.1 Å². The van der Waals surface area contributed by atoms with Crippen LogP contribution in [0.4, 0.5) is 5.82 Å². The highest BCUT2D eigenvalue weighted by Gasteiger charge is 2.34. The van der Waals surface area contributed by atoms with Gasteiger partial charge in [-0.05, 0) is 45.7 Å². The first-order chi connectivity index (χ1) is 12.1. The number of carbonyl (C=O) groups is 1. The molecule has 2 aliphatic rings. The van der Waals surface area contributed by atoms with Crippen LogP contribution in [-0.4, -0.2) is 72.0 Å². The second-order valence-electron chi connectivity index (χ2n) is 7.60. The summed E-state index contributed by atoms with van der Waals surface area (Å²) in [6.45, 7) is 5.87. The number of likely N-dealkylation sites (tertiary alicyclic amines) is 1. The molecule has 0 saturated carbocycles. The topological polar surface area (TPSA) is 52.6 Å². The molecule has 0 unspecified atom stereocenters. The molecular formula is C19H32ClN5O. The average molecular weight is 382 g/mol. The molecule has 3 rings (SSSR count). The lowest BCUT2D eigenvalue weighted by Gasteiger charge is -2.26. The molecule has 1 amide bonds. The smallest absolute Gasteiger partial charge is 0.274 e. The first-order valence-corrected chi connectivity index (χ1v) is 9.63. The third-order valence-electron chi connectivity index (χ3n) is 5.54. The van der Waals surface area contributed by atoms with Crippen molar-refractivity contribution >= 4 is 24.1 Å². The molecule has 2 atom stereocenters. The molecule has 0 bridgehead atoms. The summed E-state index contributed by atoms with van der Waals surface area (Å²) in [5, 5.41) is 0. The largest absolute Gasteiger partial charge is 0.353 e. The Bertz CT molecular complexity index is 591. The molecule has 0 aromatic carbocycles. The molecule has 7 heteroatoms. The van der Waals surface area contributed by atoms with E-state index in [0.29, 0.717) is 17.7 Å². The SMILES string of the molecule is CCC[C@H]1CN(c2cncc(C(=O)N3CCCCC3)n2)C[C@@H]1N(C)C.Cl. The van der Waals surface area contributed by atoms with Gasteiger partial charge in [0.15, 0.2) is 0 Å². The second kappa shape index (κ2) is 9.51. The predicted octanol–water partition coefficient (Wildman–Crippen LogP) is 2.69. The van der Waals surface area contributed by atoms with Gasteiger partial charge in [0.25, 0.3) is 5.91 Å². The fraction of sp³-hybridized carbons (Fsp3) is 0.737. The van der Waals surface area contributed by atoms with Gasteiger partial charge in [-0.25, -0.2) is 4.98 Å². The van der Waals surface area contributed by atoms with Gasteiger partial charge in [0.05, 0.1) is 12.4 Å². The van der Waals surface area contributed by atoms with Gasteiger partial charge >= 0.3 is 0 Å². The molecule has 26 heavy (non-hydrogen) atoms. The fourth-order valence-electron chi connectivity index (χ4n) is 4.15. The highest BCUT2D eigenvalue weighted by atomic mass is 35.5. The van der Waals surface area contributed by atoms with E-state index in [1.165, 1.54) is 19.3 Å². The molecule has 2 saturated heterocycles. The molecule has 0 N–H and O–H groups in total. The lowest BCUT2D eigenvalue weighted by atomic mass is 9.98. The Morgan fingerprint density at radius 2 is 1.92 bits per heavy atom. The third kappa shape index (κ3) is 4.65. The Labute approximate surface area is 163 Å². The Morgan fingerprint density at radius 3 is 2.58 bits per heavy atom. The van der Waals surface area contributed by atoms with Gasteiger partial charge in [-0.3, -0.25) is 9.78 Å². The zero-order chi connectivity index (χ0) is 17.8. The monoisotopic (exact) mass is 381 g/mol. The number of piperidine rings is 1. The summed E-state index contributed by atoms with van der Waals surface area (Å²) in [6, 6.07) is 0.531. The summed E-state index contributed by atoms with van der Waals surface area (Å²) in [6.07, 6.45) is 9.23. The molecule has 2 fully saturated rings. The number of hydrogen-bond donors (Lipinski definition) is 0. The molecule has 1 aromatic rings. The van der Waals surface area contributed by atoms with Gasteiger partial charge in [0.1, 0.15) is 11.5 Å². The summed E-state index contributed by atoms with van der Waals surface area (Å²) < 4.78 is 0. The normalized spacial score (nSPS) is 23.2. The summed E-state index contributed by atoms with van der Waals surface area (Å²) in [7, 11) is 4.30. The number of amides is 1. The first-order valence-electron chi connectivity index (χ1n) is 9.63. The number of rotatable bonds is 5. The summed E-state index contributed by atoms with van der Waals surface area (Å²) in [5.41, 5.74) is 0.486. The van der Waals surface area contributed by atoms with Gasteiger partial charge in [-0.2, -0.15) is 0 Å². The van der Waals surface area contributed by atoms with Crippen LogP contribution >= 0.6 is 12.4 Å². The summed E-state index contributed by atoms with van der Waals surface area (Å²) >= 11 is 0. The predicted molar refractivity (Wildman–Crippen MR) is 107 cm³/mol. The van der Waals surface area contributed by atoms with Crippen molar-refractivity contribution in [1.29, 1.82) is 0 Å². The number of anilines is 1.